The van der Waals surface area contributed by atoms with Gasteiger partial charge in [-0.3, -0.25) is 19.8 Å². The lowest BCUT2D eigenvalue weighted by Crippen LogP contribution is -2.47. The first kappa shape index (κ1) is 47.3. The Labute approximate surface area is 401 Å². The number of benzene rings is 3. The molecular formula is C50H58ClFN8O7S. The Morgan fingerprint density at radius 2 is 1.71 bits per heavy atom. The maximum Gasteiger partial charge on any atom is 0.293 e. The number of fused-ring (bicyclic) bond motifs is 2. The molecule has 360 valence electrons. The fraction of sp³-hybridized carbons (Fsp3) is 0.440. The average molecular weight is 970 g/mol. The predicted molar refractivity (Wildman–Crippen MR) is 264 cm³/mol. The maximum atomic E-state index is 15.3. The molecule has 5 heterocycles. The molecule has 1 amide bonds. The molecule has 3 aromatic carbocycles. The van der Waals surface area contributed by atoms with Gasteiger partial charge in [0.05, 0.1) is 27.6 Å². The van der Waals surface area contributed by atoms with E-state index >= 15 is 4.39 Å². The number of nitrogens with zero attached hydrogens (tertiary/aromatic N) is 5. The number of hydrogen-bond donors (Lipinski definition) is 3. The Hall–Kier alpha value is -5.75. The first-order valence-electron chi connectivity index (χ1n) is 23.2. The van der Waals surface area contributed by atoms with Gasteiger partial charge in [-0.05, 0) is 111 Å². The van der Waals surface area contributed by atoms with E-state index in [1.54, 1.807) is 12.3 Å². The van der Waals surface area contributed by atoms with Crippen molar-refractivity contribution in [2.45, 2.75) is 82.4 Å². The second-order valence-electron chi connectivity index (χ2n) is 19.9. The van der Waals surface area contributed by atoms with Gasteiger partial charge in [-0.2, -0.15) is 4.98 Å². The highest BCUT2D eigenvalue weighted by atomic mass is 35.5. The molecule has 5 aromatic rings. The Morgan fingerprint density at radius 3 is 2.44 bits per heavy atom. The molecule has 2 fully saturated rings. The highest BCUT2D eigenvalue weighted by Crippen LogP contribution is 2.46. The number of aromatic nitrogens is 2. The molecule has 0 saturated carbocycles. The Morgan fingerprint density at radius 1 is 0.956 bits per heavy atom. The molecule has 0 atom stereocenters. The summed E-state index contributed by atoms with van der Waals surface area (Å²) in [5.74, 6) is -0.582. The van der Waals surface area contributed by atoms with Gasteiger partial charge < -0.3 is 29.6 Å². The molecule has 0 spiro atoms. The van der Waals surface area contributed by atoms with Gasteiger partial charge in [-0.25, -0.2) is 17.5 Å². The van der Waals surface area contributed by atoms with Gasteiger partial charge in [0, 0.05) is 93.7 Å². The van der Waals surface area contributed by atoms with Crippen molar-refractivity contribution in [3.8, 4) is 5.88 Å². The van der Waals surface area contributed by atoms with Gasteiger partial charge in [0.1, 0.15) is 28.3 Å². The van der Waals surface area contributed by atoms with Crippen LogP contribution in [0, 0.1) is 15.5 Å². The zero-order valence-electron chi connectivity index (χ0n) is 38.9. The normalized spacial score (nSPS) is 19.3. The van der Waals surface area contributed by atoms with E-state index in [1.165, 1.54) is 22.8 Å². The van der Waals surface area contributed by atoms with Gasteiger partial charge in [0.2, 0.25) is 5.88 Å². The molecule has 4 aliphatic rings. The standard InChI is InChI=1S/C50H58ClFN8O7S/c1-48(2)16-13-34(40(30-48)33-5-7-36(51)8-6-33)15-20-57-21-23-58(24-22-57)37-9-11-39(42(28-37)59-32-49(3,4)67-47-44(59)27-35-14-19-53-45(35)55-47)46(61)56-68(64,65)38-10-12-41(43(29-38)60(62)63)54-31-50(52)17-25-66-26-18-50/h5-12,14,19,27-29,54H,13,15-18,20-26,30-32H2,1-4H3,(H,53,55)(H,56,61). The predicted octanol–water partition coefficient (Wildman–Crippen LogP) is 9.66. The second-order valence-corrected chi connectivity index (χ2v) is 22.0. The number of halogens is 2. The third kappa shape index (κ3) is 10.3. The quantitative estimate of drug-likeness (QED) is 0.0754. The van der Waals surface area contributed by atoms with Crippen LogP contribution in [0.15, 0.2) is 89.5 Å². The summed E-state index contributed by atoms with van der Waals surface area (Å²) in [5, 5.41) is 16.6. The average Bonchev–Trinajstić information content (AvgIpc) is 3.77. The molecule has 0 unspecified atom stereocenters. The van der Waals surface area contributed by atoms with Crippen molar-refractivity contribution in [2.24, 2.45) is 5.41 Å². The van der Waals surface area contributed by atoms with Gasteiger partial charge in [0.25, 0.3) is 21.6 Å². The smallest absolute Gasteiger partial charge is 0.293 e. The van der Waals surface area contributed by atoms with Gasteiger partial charge in [-0.15, -0.1) is 0 Å². The van der Waals surface area contributed by atoms with Crippen LogP contribution in [0.5, 0.6) is 5.88 Å². The minimum absolute atomic E-state index is 0.0460. The molecule has 18 heteroatoms. The van der Waals surface area contributed by atoms with Crippen LogP contribution in [0.1, 0.15) is 82.1 Å². The molecule has 2 aromatic heterocycles. The number of rotatable bonds is 13. The van der Waals surface area contributed by atoms with Crippen LogP contribution in [0.2, 0.25) is 5.02 Å². The van der Waals surface area contributed by atoms with E-state index < -0.39 is 42.7 Å². The Bertz CT molecular complexity index is 2870. The summed E-state index contributed by atoms with van der Waals surface area (Å²) in [6, 6.07) is 20.6. The van der Waals surface area contributed by atoms with Crippen LogP contribution in [0.3, 0.4) is 0 Å². The van der Waals surface area contributed by atoms with Gasteiger partial charge in [0.15, 0.2) is 0 Å². The molecule has 3 N–H and O–H groups in total. The van der Waals surface area contributed by atoms with E-state index in [9.17, 15) is 23.3 Å². The summed E-state index contributed by atoms with van der Waals surface area (Å²) in [4.78, 5) is 40.0. The highest BCUT2D eigenvalue weighted by Gasteiger charge is 2.38. The molecule has 0 radical (unpaired) electrons. The highest BCUT2D eigenvalue weighted by molar-refractivity contribution is 7.90. The van der Waals surface area contributed by atoms with E-state index in [4.69, 9.17) is 26.1 Å². The van der Waals surface area contributed by atoms with Crippen LogP contribution >= 0.6 is 11.6 Å². The number of pyridine rings is 1. The first-order valence-corrected chi connectivity index (χ1v) is 25.1. The molecule has 3 aliphatic heterocycles. The summed E-state index contributed by atoms with van der Waals surface area (Å²) < 4.78 is 57.1. The number of carbonyl (C=O) groups excluding carboxylic acids is 1. The van der Waals surface area contributed by atoms with Crippen molar-refractivity contribution < 1.29 is 32.0 Å². The molecule has 15 nitrogen and oxygen atoms in total. The Kier molecular flexibility index (Phi) is 13.0. The second kappa shape index (κ2) is 18.6. The van der Waals surface area contributed by atoms with E-state index in [-0.39, 0.29) is 49.3 Å². The number of ether oxygens (including phenoxy) is 2. The number of anilines is 4. The van der Waals surface area contributed by atoms with Gasteiger partial charge >= 0.3 is 0 Å². The van der Waals surface area contributed by atoms with E-state index in [0.717, 1.165) is 86.6 Å². The van der Waals surface area contributed by atoms with Crippen LogP contribution in [0.25, 0.3) is 16.6 Å². The maximum absolute atomic E-state index is 15.3. The number of allylic oxidation sites excluding steroid dienone is 1. The van der Waals surface area contributed by atoms with Crippen molar-refractivity contribution >= 4 is 72.6 Å². The summed E-state index contributed by atoms with van der Waals surface area (Å²) in [6.45, 7) is 13.1. The zero-order valence-corrected chi connectivity index (χ0v) is 40.4. The molecule has 68 heavy (non-hydrogen) atoms. The minimum Gasteiger partial charge on any atom is -0.468 e. The minimum atomic E-state index is -4.66. The summed E-state index contributed by atoms with van der Waals surface area (Å²) in [5.41, 5.74) is 3.98. The fourth-order valence-corrected chi connectivity index (χ4v) is 10.9. The van der Waals surface area contributed by atoms with Crippen LogP contribution < -0.4 is 24.6 Å². The van der Waals surface area contributed by atoms with Crippen LogP contribution in [0.4, 0.5) is 32.8 Å². The van der Waals surface area contributed by atoms with E-state index in [1.807, 2.05) is 55.1 Å². The lowest BCUT2D eigenvalue weighted by Gasteiger charge is -2.41. The van der Waals surface area contributed by atoms with Crippen molar-refractivity contribution in [1.82, 2.24) is 19.6 Å². The molecule has 1 aliphatic carbocycles. The topological polar surface area (TPSA) is 175 Å². The van der Waals surface area contributed by atoms with Crippen molar-refractivity contribution in [3.63, 3.8) is 0 Å². The summed E-state index contributed by atoms with van der Waals surface area (Å²) in [6.07, 6.45) is 6.28. The first-order chi connectivity index (χ1) is 32.3. The van der Waals surface area contributed by atoms with Crippen molar-refractivity contribution in [3.05, 3.63) is 111 Å². The third-order valence-electron chi connectivity index (χ3n) is 13.7. The van der Waals surface area contributed by atoms with Crippen LogP contribution in [-0.2, 0) is 14.8 Å². The van der Waals surface area contributed by atoms with E-state index in [2.05, 4.69) is 50.8 Å². The lowest BCUT2D eigenvalue weighted by atomic mass is 9.72. The number of amides is 1. The number of hydrogen-bond acceptors (Lipinski definition) is 12. The molecule has 2 saturated heterocycles. The van der Waals surface area contributed by atoms with Crippen molar-refractivity contribution in [1.29, 1.82) is 0 Å². The number of carbonyl (C=O) groups is 1. The number of aromatic amines is 1. The number of alkyl halides is 1. The zero-order chi connectivity index (χ0) is 48.0. The number of nitrogens with one attached hydrogen (secondary N) is 3. The molecular weight excluding hydrogens is 911 g/mol. The van der Waals surface area contributed by atoms with E-state index in [0.29, 0.717) is 29.4 Å². The Balaban J connectivity index is 0.975. The largest absolute Gasteiger partial charge is 0.468 e. The molecule has 0 bridgehead atoms. The summed E-state index contributed by atoms with van der Waals surface area (Å²) in [7, 11) is -4.66. The monoisotopic (exact) mass is 968 g/mol. The number of nitro benzene ring substituents is 1. The van der Waals surface area contributed by atoms with Crippen LogP contribution in [-0.4, -0.2) is 104 Å². The van der Waals surface area contributed by atoms with Crippen molar-refractivity contribution in [2.75, 3.05) is 74.1 Å². The lowest BCUT2D eigenvalue weighted by molar-refractivity contribution is -0.384. The SMILES string of the molecule is CC1(C)CCC(CCN2CCN(c3ccc(C(=O)NS(=O)(=O)c4ccc(NCC5(F)CCOCC5)c([N+](=O)[O-])c4)c(N4CC(C)(C)Oc5nc6[nH]ccc6cc54)c3)CC2)=C(c2ccc(Cl)cc2)C1. The number of H-pyrrole nitrogens is 1. The fourth-order valence-electron chi connectivity index (χ4n) is 9.80. The third-order valence-corrected chi connectivity index (χ3v) is 15.3. The molecule has 9 rings (SSSR count). The number of piperazine rings is 1. The summed E-state index contributed by atoms with van der Waals surface area (Å²) >= 11 is 6.26. The number of nitro groups is 1. The van der Waals surface area contributed by atoms with Gasteiger partial charge in [-0.1, -0.05) is 43.2 Å². The number of sulfonamides is 1.